The maximum atomic E-state index is 12.1. The Morgan fingerprint density at radius 3 is 2.42 bits per heavy atom. The molecule has 0 spiro atoms. The molecule has 0 aliphatic rings. The van der Waals surface area contributed by atoms with E-state index in [1.165, 1.54) is 19.2 Å². The predicted octanol–water partition coefficient (Wildman–Crippen LogP) is 2.20. The molecule has 2 rings (SSSR count). The first-order chi connectivity index (χ1) is 9.01. The van der Waals surface area contributed by atoms with Crippen molar-refractivity contribution >= 4 is 15.7 Å². The summed E-state index contributed by atoms with van der Waals surface area (Å²) in [5.41, 5.74) is 1.23. The molecule has 19 heavy (non-hydrogen) atoms. The zero-order chi connectivity index (χ0) is 13.9. The van der Waals surface area contributed by atoms with E-state index in [1.54, 1.807) is 37.4 Å². The number of anilines is 1. The van der Waals surface area contributed by atoms with Crippen molar-refractivity contribution in [2.45, 2.75) is 11.8 Å². The summed E-state index contributed by atoms with van der Waals surface area (Å²) in [5, 5.41) is 0. The normalized spacial score (nSPS) is 11.1. The van der Waals surface area contributed by atoms with Crippen LogP contribution in [0.4, 0.5) is 5.69 Å². The molecule has 0 aliphatic heterocycles. The van der Waals surface area contributed by atoms with Crippen LogP contribution >= 0.6 is 0 Å². The number of hydrogen-bond acceptors (Lipinski definition) is 4. The van der Waals surface area contributed by atoms with Crippen LogP contribution in [0.15, 0.2) is 47.5 Å². The van der Waals surface area contributed by atoms with E-state index in [4.69, 9.17) is 4.74 Å². The van der Waals surface area contributed by atoms with E-state index < -0.39 is 10.0 Å². The third-order valence-corrected chi connectivity index (χ3v) is 3.92. The van der Waals surface area contributed by atoms with Gasteiger partial charge in [-0.3, -0.25) is 9.71 Å². The monoisotopic (exact) mass is 278 g/mol. The van der Waals surface area contributed by atoms with Crippen LogP contribution in [0.1, 0.15) is 5.69 Å². The summed E-state index contributed by atoms with van der Waals surface area (Å²) in [4.78, 5) is 4.20. The Hall–Kier alpha value is -2.08. The van der Waals surface area contributed by atoms with Gasteiger partial charge in [0, 0.05) is 11.9 Å². The molecule has 6 heteroatoms. The fraction of sp³-hybridized carbons (Fsp3) is 0.154. The Labute approximate surface area is 112 Å². The van der Waals surface area contributed by atoms with Gasteiger partial charge in [0.25, 0.3) is 10.0 Å². The summed E-state index contributed by atoms with van der Waals surface area (Å²) in [6, 6.07) is 9.47. The summed E-state index contributed by atoms with van der Waals surface area (Å²) >= 11 is 0. The minimum Gasteiger partial charge on any atom is -0.497 e. The van der Waals surface area contributed by atoms with Gasteiger partial charge < -0.3 is 4.74 Å². The van der Waals surface area contributed by atoms with E-state index in [2.05, 4.69) is 9.71 Å². The number of hydrogen-bond donors (Lipinski definition) is 1. The van der Waals surface area contributed by atoms with Gasteiger partial charge in [0.05, 0.1) is 17.7 Å². The summed E-state index contributed by atoms with van der Waals surface area (Å²) in [5.74, 6) is 0.610. The standard InChI is InChI=1S/C13H14N2O3S/c1-10-9-11(7-8-14-10)15-19(16,17)13-5-3-12(18-2)4-6-13/h3-9H,1-2H3,(H,14,15). The van der Waals surface area contributed by atoms with Gasteiger partial charge in [-0.05, 0) is 43.3 Å². The number of nitrogens with one attached hydrogen (secondary N) is 1. The molecule has 0 radical (unpaired) electrons. The molecular weight excluding hydrogens is 264 g/mol. The molecule has 5 nitrogen and oxygen atoms in total. The van der Waals surface area contributed by atoms with Crippen LogP contribution < -0.4 is 9.46 Å². The van der Waals surface area contributed by atoms with Gasteiger partial charge in [-0.25, -0.2) is 8.42 Å². The highest BCUT2D eigenvalue weighted by molar-refractivity contribution is 7.92. The molecule has 1 heterocycles. The van der Waals surface area contributed by atoms with Gasteiger partial charge in [-0.1, -0.05) is 0 Å². The van der Waals surface area contributed by atoms with E-state index in [1.807, 2.05) is 0 Å². The number of benzene rings is 1. The smallest absolute Gasteiger partial charge is 0.261 e. The van der Waals surface area contributed by atoms with Crippen molar-refractivity contribution in [3.05, 3.63) is 48.3 Å². The number of aromatic nitrogens is 1. The van der Waals surface area contributed by atoms with Crippen LogP contribution in [-0.2, 0) is 10.0 Å². The Morgan fingerprint density at radius 1 is 1.16 bits per heavy atom. The van der Waals surface area contributed by atoms with Gasteiger partial charge in [0.15, 0.2) is 0 Å². The van der Waals surface area contributed by atoms with Gasteiger partial charge in [-0.2, -0.15) is 0 Å². The number of ether oxygens (including phenoxy) is 1. The van der Waals surface area contributed by atoms with E-state index in [9.17, 15) is 8.42 Å². The number of aryl methyl sites for hydroxylation is 1. The molecule has 0 saturated carbocycles. The third-order valence-electron chi connectivity index (χ3n) is 2.52. The van der Waals surface area contributed by atoms with E-state index in [0.29, 0.717) is 11.4 Å². The first-order valence-electron chi connectivity index (χ1n) is 5.61. The molecule has 0 fully saturated rings. The van der Waals surface area contributed by atoms with Gasteiger partial charge in [0.1, 0.15) is 5.75 Å². The van der Waals surface area contributed by atoms with Crippen molar-refractivity contribution in [2.24, 2.45) is 0 Å². The first kappa shape index (κ1) is 13.4. The Bertz CT molecular complexity index is 667. The lowest BCUT2D eigenvalue weighted by atomic mass is 10.3. The van der Waals surface area contributed by atoms with Crippen LogP contribution in [-0.4, -0.2) is 20.5 Å². The second kappa shape index (κ2) is 5.27. The van der Waals surface area contributed by atoms with Crippen LogP contribution in [0, 0.1) is 6.92 Å². The van der Waals surface area contributed by atoms with Gasteiger partial charge in [-0.15, -0.1) is 0 Å². The number of methoxy groups -OCH3 is 1. The average molecular weight is 278 g/mol. The maximum absolute atomic E-state index is 12.1. The molecule has 2 aromatic rings. The summed E-state index contributed by atoms with van der Waals surface area (Å²) < 4.78 is 31.8. The Kier molecular flexibility index (Phi) is 3.71. The second-order valence-corrected chi connectivity index (χ2v) is 5.65. The third kappa shape index (κ3) is 3.23. The fourth-order valence-electron chi connectivity index (χ4n) is 1.58. The minimum atomic E-state index is -3.59. The van der Waals surface area contributed by atoms with Crippen LogP contribution in [0.3, 0.4) is 0 Å². The SMILES string of the molecule is COc1ccc(S(=O)(=O)Nc2ccnc(C)c2)cc1. The largest absolute Gasteiger partial charge is 0.497 e. The molecule has 0 amide bonds. The van der Waals surface area contributed by atoms with Crippen LogP contribution in [0.5, 0.6) is 5.75 Å². The number of rotatable bonds is 4. The molecule has 0 atom stereocenters. The Morgan fingerprint density at radius 2 is 1.84 bits per heavy atom. The first-order valence-corrected chi connectivity index (χ1v) is 7.09. The Balaban J connectivity index is 2.27. The molecule has 1 aromatic carbocycles. The fourth-order valence-corrected chi connectivity index (χ4v) is 2.63. The minimum absolute atomic E-state index is 0.183. The zero-order valence-corrected chi connectivity index (χ0v) is 11.4. The second-order valence-electron chi connectivity index (χ2n) is 3.97. The summed E-state index contributed by atoms with van der Waals surface area (Å²) in [6.07, 6.45) is 1.56. The topological polar surface area (TPSA) is 68.3 Å². The highest BCUT2D eigenvalue weighted by atomic mass is 32.2. The maximum Gasteiger partial charge on any atom is 0.261 e. The molecular formula is C13H14N2O3S. The van der Waals surface area contributed by atoms with Crippen molar-refractivity contribution in [3.8, 4) is 5.75 Å². The van der Waals surface area contributed by atoms with Crippen molar-refractivity contribution in [1.82, 2.24) is 4.98 Å². The average Bonchev–Trinajstić information content (AvgIpc) is 2.38. The molecule has 1 N–H and O–H groups in total. The molecule has 100 valence electrons. The predicted molar refractivity (Wildman–Crippen MR) is 72.8 cm³/mol. The lowest BCUT2D eigenvalue weighted by Crippen LogP contribution is -2.13. The number of nitrogens with zero attached hydrogens (tertiary/aromatic N) is 1. The van der Waals surface area contributed by atoms with Crippen LogP contribution in [0.2, 0.25) is 0 Å². The van der Waals surface area contributed by atoms with Crippen molar-refractivity contribution in [3.63, 3.8) is 0 Å². The highest BCUT2D eigenvalue weighted by Gasteiger charge is 2.14. The number of sulfonamides is 1. The van der Waals surface area contributed by atoms with E-state index in [-0.39, 0.29) is 4.90 Å². The van der Waals surface area contributed by atoms with Gasteiger partial charge in [0.2, 0.25) is 0 Å². The van der Waals surface area contributed by atoms with E-state index >= 15 is 0 Å². The van der Waals surface area contributed by atoms with Crippen LogP contribution in [0.25, 0.3) is 0 Å². The van der Waals surface area contributed by atoms with Crippen molar-refractivity contribution in [2.75, 3.05) is 11.8 Å². The van der Waals surface area contributed by atoms with Gasteiger partial charge >= 0.3 is 0 Å². The number of pyridine rings is 1. The zero-order valence-electron chi connectivity index (χ0n) is 10.6. The lowest BCUT2D eigenvalue weighted by Gasteiger charge is -2.08. The molecule has 0 unspecified atom stereocenters. The molecule has 1 aromatic heterocycles. The van der Waals surface area contributed by atoms with Crippen molar-refractivity contribution in [1.29, 1.82) is 0 Å². The highest BCUT2D eigenvalue weighted by Crippen LogP contribution is 2.19. The summed E-state index contributed by atoms with van der Waals surface area (Å²) in [6.45, 7) is 1.80. The van der Waals surface area contributed by atoms with E-state index in [0.717, 1.165) is 5.69 Å². The molecule has 0 bridgehead atoms. The summed E-state index contributed by atoms with van der Waals surface area (Å²) in [7, 11) is -2.06. The lowest BCUT2D eigenvalue weighted by molar-refractivity contribution is 0.414. The molecule has 0 saturated heterocycles. The molecule has 0 aliphatic carbocycles. The van der Waals surface area contributed by atoms with Crippen molar-refractivity contribution < 1.29 is 13.2 Å². The quantitative estimate of drug-likeness (QED) is 0.931.